The minimum atomic E-state index is -2.05. The van der Waals surface area contributed by atoms with E-state index in [0.29, 0.717) is 0 Å². The third-order valence-corrected chi connectivity index (χ3v) is 3.72. The van der Waals surface area contributed by atoms with Gasteiger partial charge in [-0.2, -0.15) is 0 Å². The van der Waals surface area contributed by atoms with Crippen LogP contribution < -0.4 is 0 Å². The lowest BCUT2D eigenvalue weighted by Crippen LogP contribution is -2.22. The third-order valence-electron chi connectivity index (χ3n) is 3.72. The van der Waals surface area contributed by atoms with E-state index in [0.717, 1.165) is 6.07 Å². The molecule has 0 aliphatic heterocycles. The summed E-state index contributed by atoms with van der Waals surface area (Å²) in [6.45, 7) is 0. The van der Waals surface area contributed by atoms with E-state index in [1.165, 1.54) is 24.3 Å². The Morgan fingerprint density at radius 1 is 0.913 bits per heavy atom. The van der Waals surface area contributed by atoms with Crippen LogP contribution in [0.3, 0.4) is 0 Å². The number of phenolic OH excluding ortho intramolecular Hbond substituents is 2. The first-order valence-corrected chi connectivity index (χ1v) is 6.52. The minimum Gasteiger partial charge on any atom is -0.507 e. The second kappa shape index (κ2) is 4.92. The number of benzene rings is 2. The van der Waals surface area contributed by atoms with Gasteiger partial charge in [0.2, 0.25) is 5.78 Å². The van der Waals surface area contributed by atoms with Gasteiger partial charge in [-0.3, -0.25) is 9.59 Å². The van der Waals surface area contributed by atoms with Crippen molar-refractivity contribution in [2.45, 2.75) is 6.10 Å². The number of ketones is 2. The largest absolute Gasteiger partial charge is 0.507 e. The molecular formula is C16H10O7. The molecule has 0 saturated heterocycles. The molecule has 1 aliphatic rings. The molecule has 7 heteroatoms. The fourth-order valence-electron chi connectivity index (χ4n) is 2.62. The zero-order valence-corrected chi connectivity index (χ0v) is 11.5. The Hall–Kier alpha value is -3.19. The molecule has 0 fully saturated rings. The van der Waals surface area contributed by atoms with Crippen LogP contribution in [0.4, 0.5) is 0 Å². The van der Waals surface area contributed by atoms with Crippen molar-refractivity contribution in [3.63, 3.8) is 0 Å². The summed E-state index contributed by atoms with van der Waals surface area (Å²) in [5.74, 6) is -4.22. The van der Waals surface area contributed by atoms with Crippen molar-refractivity contribution in [2.75, 3.05) is 0 Å². The summed E-state index contributed by atoms with van der Waals surface area (Å²) in [4.78, 5) is 35.8. The number of carboxylic acids is 1. The summed E-state index contributed by atoms with van der Waals surface area (Å²) in [6, 6.07) is 6.25. The van der Waals surface area contributed by atoms with E-state index in [9.17, 15) is 29.7 Å². The normalized spacial score (nSPS) is 14.1. The number of carbonyl (C=O) groups is 3. The van der Waals surface area contributed by atoms with Crippen LogP contribution in [0.25, 0.3) is 0 Å². The summed E-state index contributed by atoms with van der Waals surface area (Å²) in [5.41, 5.74) is -1.22. The van der Waals surface area contributed by atoms with E-state index >= 15 is 0 Å². The minimum absolute atomic E-state index is 0.00608. The van der Waals surface area contributed by atoms with Crippen molar-refractivity contribution < 1.29 is 34.8 Å². The quantitative estimate of drug-likeness (QED) is 0.554. The van der Waals surface area contributed by atoms with Gasteiger partial charge in [-0.1, -0.05) is 18.2 Å². The molecular weight excluding hydrogens is 304 g/mol. The molecule has 2 aromatic carbocycles. The zero-order valence-electron chi connectivity index (χ0n) is 11.5. The number of carbonyl (C=O) groups excluding carboxylic acids is 2. The molecule has 0 amide bonds. The van der Waals surface area contributed by atoms with Gasteiger partial charge >= 0.3 is 5.97 Å². The molecule has 1 atom stereocenters. The molecule has 0 aromatic heterocycles. The topological polar surface area (TPSA) is 132 Å². The van der Waals surface area contributed by atoms with Crippen LogP contribution in [0.15, 0.2) is 30.3 Å². The monoisotopic (exact) mass is 314 g/mol. The van der Waals surface area contributed by atoms with Gasteiger partial charge in [0.15, 0.2) is 11.9 Å². The molecule has 23 heavy (non-hydrogen) atoms. The van der Waals surface area contributed by atoms with Crippen molar-refractivity contribution in [1.82, 2.24) is 0 Å². The number of phenols is 2. The highest BCUT2D eigenvalue weighted by Gasteiger charge is 2.36. The SMILES string of the molecule is O=C1c2cccc(O)c2C(=O)c2c1ccc(C(O)C(=O)O)c2O. The molecule has 116 valence electrons. The number of rotatable bonds is 2. The van der Waals surface area contributed by atoms with Crippen LogP contribution in [0.5, 0.6) is 11.5 Å². The maximum atomic E-state index is 12.5. The predicted octanol–water partition coefficient (Wildman–Crippen LogP) is 0.991. The second-order valence-corrected chi connectivity index (χ2v) is 5.02. The molecule has 4 N–H and O–H groups in total. The van der Waals surface area contributed by atoms with Crippen molar-refractivity contribution in [1.29, 1.82) is 0 Å². The summed E-state index contributed by atoms with van der Waals surface area (Å²) in [6.07, 6.45) is -2.05. The Bertz CT molecular complexity index is 882. The van der Waals surface area contributed by atoms with Crippen LogP contribution in [-0.4, -0.2) is 38.0 Å². The van der Waals surface area contributed by atoms with Crippen molar-refractivity contribution in [3.8, 4) is 11.5 Å². The number of aliphatic hydroxyl groups excluding tert-OH is 1. The van der Waals surface area contributed by atoms with Crippen molar-refractivity contribution >= 4 is 17.5 Å². The van der Waals surface area contributed by atoms with Gasteiger partial charge in [-0.25, -0.2) is 4.79 Å². The average Bonchev–Trinajstić information content (AvgIpc) is 2.51. The van der Waals surface area contributed by atoms with Gasteiger partial charge in [0, 0.05) is 16.7 Å². The predicted molar refractivity (Wildman–Crippen MR) is 75.7 cm³/mol. The Kier molecular flexibility index (Phi) is 3.15. The first kappa shape index (κ1) is 14.7. The fourth-order valence-corrected chi connectivity index (χ4v) is 2.62. The van der Waals surface area contributed by atoms with Gasteiger partial charge in [-0.15, -0.1) is 0 Å². The van der Waals surface area contributed by atoms with Crippen molar-refractivity contribution in [2.24, 2.45) is 0 Å². The molecule has 0 spiro atoms. The fraction of sp³-hybridized carbons (Fsp3) is 0.0625. The van der Waals surface area contributed by atoms with Gasteiger partial charge in [0.05, 0.1) is 11.1 Å². The molecule has 0 radical (unpaired) electrons. The maximum absolute atomic E-state index is 12.5. The molecule has 1 unspecified atom stereocenters. The highest BCUT2D eigenvalue weighted by molar-refractivity contribution is 6.30. The number of fused-ring (bicyclic) bond motifs is 2. The number of hydrogen-bond acceptors (Lipinski definition) is 6. The van der Waals surface area contributed by atoms with E-state index in [1.807, 2.05) is 0 Å². The highest BCUT2D eigenvalue weighted by Crippen LogP contribution is 2.39. The number of aliphatic hydroxyl groups is 1. The van der Waals surface area contributed by atoms with Gasteiger partial charge in [-0.05, 0) is 12.1 Å². The average molecular weight is 314 g/mol. The Morgan fingerprint density at radius 3 is 2.22 bits per heavy atom. The van der Waals surface area contributed by atoms with Crippen LogP contribution in [0.2, 0.25) is 0 Å². The molecule has 3 rings (SSSR count). The Morgan fingerprint density at radius 2 is 1.57 bits per heavy atom. The standard InChI is InChI=1S/C16H10O7/c17-9-3-1-2-6-10(9)15(21)11-7(12(6)18)4-5-8(13(11)19)14(20)16(22)23/h1-5,14,17,19-20H,(H,22,23). The lowest BCUT2D eigenvalue weighted by molar-refractivity contribution is -0.147. The maximum Gasteiger partial charge on any atom is 0.337 e. The van der Waals surface area contributed by atoms with E-state index < -0.39 is 46.3 Å². The number of carboxylic acid groups (broad SMARTS) is 1. The van der Waals surface area contributed by atoms with Gasteiger partial charge in [0.25, 0.3) is 0 Å². The molecule has 7 nitrogen and oxygen atoms in total. The summed E-state index contributed by atoms with van der Waals surface area (Å²) < 4.78 is 0. The Labute approximate surface area is 129 Å². The number of aliphatic carboxylic acids is 1. The van der Waals surface area contributed by atoms with Gasteiger partial charge < -0.3 is 20.4 Å². The first-order valence-electron chi connectivity index (χ1n) is 6.52. The van der Waals surface area contributed by atoms with Crippen LogP contribution in [0, 0.1) is 0 Å². The lowest BCUT2D eigenvalue weighted by Gasteiger charge is -2.21. The molecule has 0 bridgehead atoms. The zero-order chi connectivity index (χ0) is 16.9. The summed E-state index contributed by atoms with van der Waals surface area (Å²) in [5, 5.41) is 38.4. The second-order valence-electron chi connectivity index (χ2n) is 5.02. The van der Waals surface area contributed by atoms with E-state index in [1.54, 1.807) is 0 Å². The smallest absolute Gasteiger partial charge is 0.337 e. The number of aromatic hydroxyl groups is 2. The third kappa shape index (κ3) is 1.98. The Balaban J connectivity index is 2.29. The molecule has 0 heterocycles. The highest BCUT2D eigenvalue weighted by atomic mass is 16.4. The first-order chi connectivity index (χ1) is 10.8. The van der Waals surface area contributed by atoms with Crippen LogP contribution in [-0.2, 0) is 4.79 Å². The molecule has 2 aromatic rings. The van der Waals surface area contributed by atoms with E-state index in [2.05, 4.69) is 0 Å². The summed E-state index contributed by atoms with van der Waals surface area (Å²) >= 11 is 0. The van der Waals surface area contributed by atoms with Crippen molar-refractivity contribution in [3.05, 3.63) is 58.1 Å². The number of hydrogen-bond donors (Lipinski definition) is 4. The van der Waals surface area contributed by atoms with Crippen LogP contribution >= 0.6 is 0 Å². The molecule has 0 saturated carbocycles. The van der Waals surface area contributed by atoms with Gasteiger partial charge in [0.1, 0.15) is 11.5 Å². The van der Waals surface area contributed by atoms with E-state index in [4.69, 9.17) is 5.11 Å². The molecule has 1 aliphatic carbocycles. The van der Waals surface area contributed by atoms with Crippen LogP contribution in [0.1, 0.15) is 43.5 Å². The van der Waals surface area contributed by atoms with E-state index in [-0.39, 0.29) is 16.7 Å². The summed E-state index contributed by atoms with van der Waals surface area (Å²) in [7, 11) is 0. The lowest BCUT2D eigenvalue weighted by atomic mass is 9.81.